The monoisotopic (exact) mass is 258 g/mol. The molecule has 0 bridgehead atoms. The van der Waals surface area contributed by atoms with E-state index in [0.717, 1.165) is 18.4 Å². The maximum atomic E-state index is 13.1. The number of hydrogen-bond donors (Lipinski definition) is 1. The quantitative estimate of drug-likeness (QED) is 0.879. The van der Waals surface area contributed by atoms with Crippen LogP contribution in [-0.2, 0) is 0 Å². The summed E-state index contributed by atoms with van der Waals surface area (Å²) in [6.07, 6.45) is 1.87. The predicted molar refractivity (Wildman–Crippen MR) is 70.7 cm³/mol. The summed E-state index contributed by atoms with van der Waals surface area (Å²) in [5.74, 6) is -0.375. The van der Waals surface area contributed by atoms with Gasteiger partial charge in [-0.3, -0.25) is 0 Å². The molecule has 96 valence electrons. The van der Waals surface area contributed by atoms with Gasteiger partial charge in [-0.05, 0) is 51.6 Å². The van der Waals surface area contributed by atoms with Crippen LogP contribution < -0.4 is 5.73 Å². The summed E-state index contributed by atoms with van der Waals surface area (Å²) in [5.41, 5.74) is 6.80. The summed E-state index contributed by atoms with van der Waals surface area (Å²) in [7, 11) is 4.01. The molecule has 0 saturated heterocycles. The topological polar surface area (TPSA) is 29.3 Å². The lowest BCUT2D eigenvalue weighted by Gasteiger charge is -2.25. The summed E-state index contributed by atoms with van der Waals surface area (Å²) in [4.78, 5) is 2.10. The van der Waals surface area contributed by atoms with Crippen molar-refractivity contribution in [1.29, 1.82) is 0 Å². The Balaban J connectivity index is 2.85. The van der Waals surface area contributed by atoms with Crippen LogP contribution in [0, 0.1) is 5.82 Å². The molecular formula is C13H20ClFN2. The summed E-state index contributed by atoms with van der Waals surface area (Å²) in [6.45, 7) is 1.99. The highest BCUT2D eigenvalue weighted by Crippen LogP contribution is 2.27. The van der Waals surface area contributed by atoms with E-state index in [4.69, 9.17) is 17.3 Å². The smallest absolute Gasteiger partial charge is 0.141 e. The molecule has 0 aliphatic heterocycles. The number of hydrogen-bond acceptors (Lipinski definition) is 2. The minimum Gasteiger partial charge on any atom is -0.328 e. The first-order valence-electron chi connectivity index (χ1n) is 5.78. The van der Waals surface area contributed by atoms with Crippen LogP contribution >= 0.6 is 11.6 Å². The Morgan fingerprint density at radius 1 is 1.35 bits per heavy atom. The lowest BCUT2D eigenvalue weighted by Crippen LogP contribution is -2.23. The second kappa shape index (κ2) is 6.34. The maximum Gasteiger partial charge on any atom is 0.141 e. The lowest BCUT2D eigenvalue weighted by molar-refractivity contribution is 0.274. The Morgan fingerprint density at radius 2 is 2.00 bits per heavy atom. The minimum atomic E-state index is -0.375. The van der Waals surface area contributed by atoms with Gasteiger partial charge in [-0.1, -0.05) is 17.7 Å². The highest BCUT2D eigenvalue weighted by atomic mass is 35.5. The molecule has 2 nitrogen and oxygen atoms in total. The van der Waals surface area contributed by atoms with Crippen LogP contribution in [0.5, 0.6) is 0 Å². The number of rotatable bonds is 5. The Labute approximate surface area is 108 Å². The van der Waals surface area contributed by atoms with Gasteiger partial charge in [0, 0.05) is 12.1 Å². The Kier molecular flexibility index (Phi) is 5.37. The third kappa shape index (κ3) is 4.26. The van der Waals surface area contributed by atoms with Crippen LogP contribution in [0.1, 0.15) is 31.4 Å². The summed E-state index contributed by atoms with van der Waals surface area (Å²) in [5, 5.41) is 0.176. The van der Waals surface area contributed by atoms with Gasteiger partial charge in [0.1, 0.15) is 5.82 Å². The molecule has 1 aromatic carbocycles. The standard InChI is InChI=1S/C13H20ClFN2/c1-9(16)4-7-13(17(2)3)10-5-6-12(15)11(14)8-10/h5-6,8-9,13H,4,7,16H2,1-3H3. The fraction of sp³-hybridized carbons (Fsp3) is 0.538. The third-order valence-corrected chi connectivity index (χ3v) is 3.14. The molecule has 2 N–H and O–H groups in total. The zero-order valence-electron chi connectivity index (χ0n) is 10.6. The van der Waals surface area contributed by atoms with Crippen molar-refractivity contribution < 1.29 is 4.39 Å². The highest BCUT2D eigenvalue weighted by molar-refractivity contribution is 6.30. The van der Waals surface area contributed by atoms with Crippen LogP contribution in [-0.4, -0.2) is 25.0 Å². The van der Waals surface area contributed by atoms with Gasteiger partial charge in [0.15, 0.2) is 0 Å². The number of benzene rings is 1. The first-order chi connectivity index (χ1) is 7.91. The molecule has 0 aliphatic carbocycles. The van der Waals surface area contributed by atoms with Crippen molar-refractivity contribution in [3.63, 3.8) is 0 Å². The average molecular weight is 259 g/mol. The van der Waals surface area contributed by atoms with Gasteiger partial charge in [0.25, 0.3) is 0 Å². The van der Waals surface area contributed by atoms with Crippen LogP contribution in [0.2, 0.25) is 5.02 Å². The molecule has 1 rings (SSSR count). The van der Waals surface area contributed by atoms with Crippen LogP contribution in [0.15, 0.2) is 18.2 Å². The van der Waals surface area contributed by atoms with E-state index in [2.05, 4.69) is 4.90 Å². The van der Waals surface area contributed by atoms with E-state index in [1.165, 1.54) is 6.07 Å². The summed E-state index contributed by atoms with van der Waals surface area (Å²) < 4.78 is 13.1. The lowest BCUT2D eigenvalue weighted by atomic mass is 9.99. The van der Waals surface area contributed by atoms with Crippen molar-refractivity contribution in [2.75, 3.05) is 14.1 Å². The molecule has 0 spiro atoms. The number of nitrogens with two attached hydrogens (primary N) is 1. The predicted octanol–water partition coefficient (Wildman–Crippen LogP) is 3.21. The Morgan fingerprint density at radius 3 is 2.47 bits per heavy atom. The molecule has 2 unspecified atom stereocenters. The van der Waals surface area contributed by atoms with Gasteiger partial charge in [-0.2, -0.15) is 0 Å². The van der Waals surface area contributed by atoms with E-state index in [0.29, 0.717) is 0 Å². The van der Waals surface area contributed by atoms with Crippen LogP contribution in [0.3, 0.4) is 0 Å². The second-order valence-corrected chi connectivity index (χ2v) is 5.11. The van der Waals surface area contributed by atoms with Crippen molar-refractivity contribution in [1.82, 2.24) is 4.90 Å². The molecule has 4 heteroatoms. The highest BCUT2D eigenvalue weighted by Gasteiger charge is 2.15. The van der Waals surface area contributed by atoms with E-state index in [-0.39, 0.29) is 22.9 Å². The van der Waals surface area contributed by atoms with Gasteiger partial charge >= 0.3 is 0 Å². The first kappa shape index (κ1) is 14.4. The van der Waals surface area contributed by atoms with E-state index in [1.54, 1.807) is 12.1 Å². The summed E-state index contributed by atoms with van der Waals surface area (Å²) >= 11 is 5.81. The van der Waals surface area contributed by atoms with E-state index in [9.17, 15) is 4.39 Å². The zero-order valence-corrected chi connectivity index (χ0v) is 11.3. The molecule has 0 aliphatic rings. The molecule has 0 amide bonds. The van der Waals surface area contributed by atoms with Crippen LogP contribution in [0.25, 0.3) is 0 Å². The number of halogens is 2. The second-order valence-electron chi connectivity index (χ2n) is 4.71. The molecule has 0 saturated carbocycles. The molecule has 17 heavy (non-hydrogen) atoms. The van der Waals surface area contributed by atoms with Crippen LogP contribution in [0.4, 0.5) is 4.39 Å². The third-order valence-electron chi connectivity index (χ3n) is 2.85. The molecule has 2 atom stereocenters. The van der Waals surface area contributed by atoms with Gasteiger partial charge < -0.3 is 10.6 Å². The molecule has 0 radical (unpaired) electrons. The average Bonchev–Trinajstić information content (AvgIpc) is 2.22. The van der Waals surface area contributed by atoms with Gasteiger partial charge in [0.05, 0.1) is 5.02 Å². The molecule has 0 aromatic heterocycles. The Bertz CT molecular complexity index is 366. The fourth-order valence-corrected chi connectivity index (χ4v) is 2.05. The molecule has 0 fully saturated rings. The normalized spacial score (nSPS) is 15.0. The molecule has 1 aromatic rings. The maximum absolute atomic E-state index is 13.1. The van der Waals surface area contributed by atoms with Gasteiger partial charge in [-0.25, -0.2) is 4.39 Å². The minimum absolute atomic E-state index is 0.174. The first-order valence-corrected chi connectivity index (χ1v) is 6.16. The van der Waals surface area contributed by atoms with E-state index < -0.39 is 0 Å². The van der Waals surface area contributed by atoms with Crippen molar-refractivity contribution in [2.45, 2.75) is 31.8 Å². The summed E-state index contributed by atoms with van der Waals surface area (Å²) in [6, 6.07) is 5.29. The van der Waals surface area contributed by atoms with Gasteiger partial charge in [-0.15, -0.1) is 0 Å². The van der Waals surface area contributed by atoms with Crippen molar-refractivity contribution in [3.05, 3.63) is 34.6 Å². The fourth-order valence-electron chi connectivity index (χ4n) is 1.86. The van der Waals surface area contributed by atoms with Gasteiger partial charge in [0.2, 0.25) is 0 Å². The molecule has 0 heterocycles. The molecular weight excluding hydrogens is 239 g/mol. The van der Waals surface area contributed by atoms with Crippen molar-refractivity contribution in [2.24, 2.45) is 5.73 Å². The zero-order chi connectivity index (χ0) is 13.0. The SMILES string of the molecule is CC(N)CCC(c1ccc(F)c(Cl)c1)N(C)C. The Hall–Kier alpha value is -0.640. The van der Waals surface area contributed by atoms with Crippen molar-refractivity contribution in [3.8, 4) is 0 Å². The number of nitrogens with zero attached hydrogens (tertiary/aromatic N) is 1. The largest absolute Gasteiger partial charge is 0.328 e. The van der Waals surface area contributed by atoms with E-state index >= 15 is 0 Å². The van der Waals surface area contributed by atoms with E-state index in [1.807, 2.05) is 21.0 Å². The van der Waals surface area contributed by atoms with Crippen molar-refractivity contribution >= 4 is 11.6 Å².